The van der Waals surface area contributed by atoms with Crippen LogP contribution in [-0.2, 0) is 11.3 Å². The quantitative estimate of drug-likeness (QED) is 0.614. The molecule has 0 aliphatic carbocycles. The van der Waals surface area contributed by atoms with Gasteiger partial charge in [-0.25, -0.2) is 4.99 Å². The van der Waals surface area contributed by atoms with E-state index >= 15 is 0 Å². The van der Waals surface area contributed by atoms with Crippen molar-refractivity contribution in [3.05, 3.63) is 33.3 Å². The van der Waals surface area contributed by atoms with E-state index in [2.05, 4.69) is 38.5 Å². The lowest BCUT2D eigenvalue weighted by molar-refractivity contribution is 0.114. The lowest BCUT2D eigenvalue weighted by Crippen LogP contribution is -2.41. The molecule has 1 saturated heterocycles. The molecule has 1 aliphatic rings. The lowest BCUT2D eigenvalue weighted by atomic mass is 10.2. The van der Waals surface area contributed by atoms with Gasteiger partial charge in [0.25, 0.3) is 0 Å². The molecule has 0 radical (unpaired) electrons. The van der Waals surface area contributed by atoms with Crippen molar-refractivity contribution < 1.29 is 4.74 Å². The van der Waals surface area contributed by atoms with Gasteiger partial charge in [-0.15, -0.1) is 0 Å². The van der Waals surface area contributed by atoms with Gasteiger partial charge in [0.1, 0.15) is 0 Å². The second-order valence-corrected chi connectivity index (χ2v) is 6.27. The molecule has 1 atom stereocenters. The molecule has 1 fully saturated rings. The van der Waals surface area contributed by atoms with Gasteiger partial charge >= 0.3 is 0 Å². The summed E-state index contributed by atoms with van der Waals surface area (Å²) in [6, 6.07) is 5.85. The van der Waals surface area contributed by atoms with Gasteiger partial charge < -0.3 is 15.4 Å². The Hall–Kier alpha value is -0.780. The van der Waals surface area contributed by atoms with Crippen LogP contribution in [0.25, 0.3) is 0 Å². The predicted octanol–water partition coefficient (Wildman–Crippen LogP) is 3.34. The molecule has 0 aromatic heterocycles. The number of halogens is 2. The average Bonchev–Trinajstić information content (AvgIpc) is 2.96. The lowest BCUT2D eigenvalue weighted by Gasteiger charge is -2.15. The molecule has 0 saturated carbocycles. The number of ether oxygens (including phenoxy) is 1. The molecule has 2 rings (SSSR count). The molecule has 0 bridgehead atoms. The summed E-state index contributed by atoms with van der Waals surface area (Å²) < 4.78 is 6.58. The van der Waals surface area contributed by atoms with Gasteiger partial charge in [-0.3, -0.25) is 0 Å². The van der Waals surface area contributed by atoms with Gasteiger partial charge in [0.2, 0.25) is 0 Å². The topological polar surface area (TPSA) is 45.7 Å². The standard InChI is InChI=1S/C15H21BrClN3O/c1-2-18-15(20-10-13-4-3-7-21-13)19-9-11-5-6-12(16)8-14(11)17/h5-6,8,13H,2-4,7,9-10H2,1H3,(H2,18,19,20). The van der Waals surface area contributed by atoms with E-state index in [4.69, 9.17) is 16.3 Å². The first-order valence-electron chi connectivity index (χ1n) is 7.26. The van der Waals surface area contributed by atoms with Crippen molar-refractivity contribution >= 4 is 33.5 Å². The molecular formula is C15H21BrClN3O. The Morgan fingerprint density at radius 3 is 3.00 bits per heavy atom. The number of nitrogens with one attached hydrogen (secondary N) is 2. The Labute approximate surface area is 139 Å². The molecule has 6 heteroatoms. The van der Waals surface area contributed by atoms with Crippen molar-refractivity contribution in [2.24, 2.45) is 4.99 Å². The van der Waals surface area contributed by atoms with Crippen molar-refractivity contribution in [2.75, 3.05) is 19.7 Å². The van der Waals surface area contributed by atoms with Crippen molar-refractivity contribution in [2.45, 2.75) is 32.4 Å². The van der Waals surface area contributed by atoms with E-state index in [0.717, 1.165) is 53.6 Å². The largest absolute Gasteiger partial charge is 0.376 e. The number of aliphatic imine (C=N–C) groups is 1. The summed E-state index contributed by atoms with van der Waals surface area (Å²) >= 11 is 9.62. The van der Waals surface area contributed by atoms with E-state index in [1.165, 1.54) is 0 Å². The van der Waals surface area contributed by atoms with Gasteiger partial charge in [-0.2, -0.15) is 0 Å². The number of hydrogen-bond donors (Lipinski definition) is 2. The van der Waals surface area contributed by atoms with E-state index in [9.17, 15) is 0 Å². The van der Waals surface area contributed by atoms with E-state index in [1.807, 2.05) is 18.2 Å². The van der Waals surface area contributed by atoms with Gasteiger partial charge in [0.15, 0.2) is 5.96 Å². The zero-order chi connectivity index (χ0) is 15.1. The van der Waals surface area contributed by atoms with Crippen LogP contribution in [0.1, 0.15) is 25.3 Å². The maximum Gasteiger partial charge on any atom is 0.191 e. The second kappa shape index (κ2) is 8.61. The number of nitrogens with zero attached hydrogens (tertiary/aromatic N) is 1. The summed E-state index contributed by atoms with van der Waals surface area (Å²) in [5.41, 5.74) is 1.01. The first kappa shape index (κ1) is 16.6. The zero-order valence-electron chi connectivity index (χ0n) is 12.2. The van der Waals surface area contributed by atoms with Crippen LogP contribution in [0.3, 0.4) is 0 Å². The fourth-order valence-electron chi connectivity index (χ4n) is 2.17. The molecule has 1 aromatic rings. The van der Waals surface area contributed by atoms with Crippen LogP contribution in [0.5, 0.6) is 0 Å². The van der Waals surface area contributed by atoms with Gasteiger partial charge in [0.05, 0.1) is 12.6 Å². The first-order chi connectivity index (χ1) is 10.2. The third kappa shape index (κ3) is 5.49. The molecule has 116 valence electrons. The predicted molar refractivity (Wildman–Crippen MR) is 90.9 cm³/mol. The maximum absolute atomic E-state index is 6.21. The summed E-state index contributed by atoms with van der Waals surface area (Å²) in [6.45, 7) is 5.09. The van der Waals surface area contributed by atoms with E-state index in [-0.39, 0.29) is 0 Å². The number of benzene rings is 1. The average molecular weight is 375 g/mol. The second-order valence-electron chi connectivity index (χ2n) is 4.95. The number of guanidine groups is 1. The van der Waals surface area contributed by atoms with E-state index < -0.39 is 0 Å². The highest BCUT2D eigenvalue weighted by Gasteiger charge is 2.15. The Morgan fingerprint density at radius 2 is 2.33 bits per heavy atom. The molecular weight excluding hydrogens is 354 g/mol. The summed E-state index contributed by atoms with van der Waals surface area (Å²) in [5, 5.41) is 7.29. The normalized spacial score (nSPS) is 18.8. The van der Waals surface area contributed by atoms with Gasteiger partial charge in [-0.1, -0.05) is 33.6 Å². The van der Waals surface area contributed by atoms with Crippen LogP contribution in [0, 0.1) is 0 Å². The highest BCUT2D eigenvalue weighted by molar-refractivity contribution is 9.10. The molecule has 1 aliphatic heterocycles. The minimum absolute atomic E-state index is 0.296. The summed E-state index contributed by atoms with van der Waals surface area (Å²) in [7, 11) is 0. The molecule has 1 aromatic carbocycles. The summed E-state index contributed by atoms with van der Waals surface area (Å²) in [4.78, 5) is 4.57. The Balaban J connectivity index is 1.92. The fraction of sp³-hybridized carbons (Fsp3) is 0.533. The monoisotopic (exact) mass is 373 g/mol. The number of hydrogen-bond acceptors (Lipinski definition) is 2. The molecule has 4 nitrogen and oxygen atoms in total. The zero-order valence-corrected chi connectivity index (χ0v) is 14.5. The molecule has 1 heterocycles. The van der Waals surface area contributed by atoms with Crippen molar-refractivity contribution in [1.29, 1.82) is 0 Å². The molecule has 0 amide bonds. The van der Waals surface area contributed by atoms with E-state index in [0.29, 0.717) is 12.6 Å². The first-order valence-corrected chi connectivity index (χ1v) is 8.44. The van der Waals surface area contributed by atoms with Crippen LogP contribution < -0.4 is 10.6 Å². The van der Waals surface area contributed by atoms with E-state index in [1.54, 1.807) is 0 Å². The molecule has 21 heavy (non-hydrogen) atoms. The third-order valence-electron chi connectivity index (χ3n) is 3.29. The Bertz CT molecular complexity index is 490. The Kier molecular flexibility index (Phi) is 6.80. The fourth-order valence-corrected chi connectivity index (χ4v) is 2.90. The molecule has 2 N–H and O–H groups in total. The highest BCUT2D eigenvalue weighted by atomic mass is 79.9. The summed E-state index contributed by atoms with van der Waals surface area (Å²) in [5.74, 6) is 0.798. The maximum atomic E-state index is 6.21. The molecule has 1 unspecified atom stereocenters. The van der Waals surface area contributed by atoms with Crippen LogP contribution >= 0.6 is 27.5 Å². The van der Waals surface area contributed by atoms with Gasteiger partial charge in [0, 0.05) is 29.2 Å². The molecule has 0 spiro atoms. The number of rotatable bonds is 5. The van der Waals surface area contributed by atoms with Crippen LogP contribution in [-0.4, -0.2) is 31.8 Å². The SMILES string of the molecule is CCNC(=NCc1ccc(Br)cc1Cl)NCC1CCCO1. The summed E-state index contributed by atoms with van der Waals surface area (Å²) in [6.07, 6.45) is 2.56. The van der Waals surface area contributed by atoms with Crippen molar-refractivity contribution in [1.82, 2.24) is 10.6 Å². The minimum atomic E-state index is 0.296. The van der Waals surface area contributed by atoms with Crippen LogP contribution in [0.2, 0.25) is 5.02 Å². The van der Waals surface area contributed by atoms with Crippen molar-refractivity contribution in [3.8, 4) is 0 Å². The third-order valence-corrected chi connectivity index (χ3v) is 4.13. The highest BCUT2D eigenvalue weighted by Crippen LogP contribution is 2.21. The smallest absolute Gasteiger partial charge is 0.191 e. The van der Waals surface area contributed by atoms with Crippen molar-refractivity contribution in [3.63, 3.8) is 0 Å². The minimum Gasteiger partial charge on any atom is -0.376 e. The Morgan fingerprint density at radius 1 is 1.48 bits per heavy atom. The van der Waals surface area contributed by atoms with Gasteiger partial charge in [-0.05, 0) is 37.5 Å². The van der Waals surface area contributed by atoms with Crippen LogP contribution in [0.4, 0.5) is 0 Å². The van der Waals surface area contributed by atoms with Crippen LogP contribution in [0.15, 0.2) is 27.7 Å².